The largest absolute Gasteiger partial charge is 0.497 e. The highest BCUT2D eigenvalue weighted by molar-refractivity contribution is 5.98. The van der Waals surface area contributed by atoms with Crippen LogP contribution in [0.2, 0.25) is 0 Å². The molecular formula is C20H22N2O6. The van der Waals surface area contributed by atoms with Crippen molar-refractivity contribution in [1.29, 1.82) is 0 Å². The molecule has 2 aromatic carbocycles. The summed E-state index contributed by atoms with van der Waals surface area (Å²) in [4.78, 5) is 37.5. The molecule has 1 N–H and O–H groups in total. The van der Waals surface area contributed by atoms with Crippen molar-refractivity contribution in [3.05, 3.63) is 53.6 Å². The molecule has 0 atom stereocenters. The van der Waals surface area contributed by atoms with Gasteiger partial charge in [-0.25, -0.2) is 4.79 Å². The lowest BCUT2D eigenvalue weighted by molar-refractivity contribution is -0.119. The highest BCUT2D eigenvalue weighted by Gasteiger charge is 2.16. The van der Waals surface area contributed by atoms with Crippen molar-refractivity contribution in [2.75, 3.05) is 40.2 Å². The Morgan fingerprint density at radius 1 is 0.964 bits per heavy atom. The van der Waals surface area contributed by atoms with Gasteiger partial charge in [0, 0.05) is 31.4 Å². The van der Waals surface area contributed by atoms with E-state index >= 15 is 0 Å². The lowest BCUT2D eigenvalue weighted by Crippen LogP contribution is -2.22. The number of esters is 1. The van der Waals surface area contributed by atoms with E-state index in [0.717, 1.165) is 0 Å². The maximum Gasteiger partial charge on any atom is 0.342 e. The molecule has 0 radical (unpaired) electrons. The zero-order valence-electron chi connectivity index (χ0n) is 16.1. The highest BCUT2D eigenvalue weighted by Crippen LogP contribution is 2.25. The van der Waals surface area contributed by atoms with Crippen molar-refractivity contribution in [1.82, 2.24) is 4.90 Å². The number of methoxy groups -OCH3 is 2. The number of rotatable bonds is 7. The molecule has 2 amide bonds. The van der Waals surface area contributed by atoms with Crippen molar-refractivity contribution in [3.63, 3.8) is 0 Å². The fourth-order valence-corrected chi connectivity index (χ4v) is 2.33. The third kappa shape index (κ3) is 5.23. The number of ether oxygens (including phenoxy) is 3. The molecule has 148 valence electrons. The molecule has 0 heterocycles. The van der Waals surface area contributed by atoms with Crippen LogP contribution in [0.4, 0.5) is 5.69 Å². The smallest absolute Gasteiger partial charge is 0.342 e. The first-order valence-corrected chi connectivity index (χ1v) is 8.36. The summed E-state index contributed by atoms with van der Waals surface area (Å²) >= 11 is 0. The second kappa shape index (κ2) is 9.40. The van der Waals surface area contributed by atoms with Gasteiger partial charge in [-0.15, -0.1) is 0 Å². The predicted octanol–water partition coefficient (Wildman–Crippen LogP) is 2.20. The van der Waals surface area contributed by atoms with E-state index in [0.29, 0.717) is 17.0 Å². The van der Waals surface area contributed by atoms with Crippen LogP contribution in [0.1, 0.15) is 20.7 Å². The zero-order chi connectivity index (χ0) is 20.7. The van der Waals surface area contributed by atoms with Gasteiger partial charge in [0.15, 0.2) is 6.61 Å². The maximum atomic E-state index is 12.2. The summed E-state index contributed by atoms with van der Waals surface area (Å²) in [5, 5.41) is 2.60. The molecular weight excluding hydrogens is 364 g/mol. The second-order valence-electron chi connectivity index (χ2n) is 5.97. The zero-order valence-corrected chi connectivity index (χ0v) is 16.1. The van der Waals surface area contributed by atoms with Gasteiger partial charge in [0.05, 0.1) is 14.2 Å². The number of hydrogen-bond acceptors (Lipinski definition) is 6. The van der Waals surface area contributed by atoms with Gasteiger partial charge in [0.2, 0.25) is 0 Å². The summed E-state index contributed by atoms with van der Waals surface area (Å²) in [6.45, 7) is -0.466. The average Bonchev–Trinajstić information content (AvgIpc) is 2.71. The van der Waals surface area contributed by atoms with E-state index in [1.54, 1.807) is 50.5 Å². The lowest BCUT2D eigenvalue weighted by atomic mass is 10.2. The van der Waals surface area contributed by atoms with Gasteiger partial charge in [-0.3, -0.25) is 9.59 Å². The average molecular weight is 386 g/mol. The first-order valence-electron chi connectivity index (χ1n) is 8.36. The van der Waals surface area contributed by atoms with Crippen LogP contribution in [0.5, 0.6) is 11.5 Å². The van der Waals surface area contributed by atoms with E-state index in [2.05, 4.69) is 5.32 Å². The number of anilines is 1. The fourth-order valence-electron chi connectivity index (χ4n) is 2.33. The number of hydrogen-bond donors (Lipinski definition) is 1. The van der Waals surface area contributed by atoms with Gasteiger partial charge in [-0.2, -0.15) is 0 Å². The van der Waals surface area contributed by atoms with Crippen LogP contribution in [0.15, 0.2) is 42.5 Å². The van der Waals surface area contributed by atoms with Gasteiger partial charge in [-0.1, -0.05) is 0 Å². The molecule has 0 bridgehead atoms. The molecule has 0 spiro atoms. The van der Waals surface area contributed by atoms with Crippen molar-refractivity contribution >= 4 is 23.5 Å². The van der Waals surface area contributed by atoms with Crippen LogP contribution < -0.4 is 14.8 Å². The van der Waals surface area contributed by atoms with Crippen LogP contribution in [-0.2, 0) is 9.53 Å². The molecule has 8 nitrogen and oxygen atoms in total. The van der Waals surface area contributed by atoms with Gasteiger partial charge < -0.3 is 24.4 Å². The molecule has 0 saturated heterocycles. The molecule has 2 aromatic rings. The Balaban J connectivity index is 1.93. The molecule has 0 aliphatic heterocycles. The van der Waals surface area contributed by atoms with E-state index in [1.807, 2.05) is 0 Å². The molecule has 0 saturated carbocycles. The lowest BCUT2D eigenvalue weighted by Gasteiger charge is -2.12. The van der Waals surface area contributed by atoms with E-state index in [1.165, 1.54) is 25.2 Å². The molecule has 0 aromatic heterocycles. The van der Waals surface area contributed by atoms with Crippen molar-refractivity contribution < 1.29 is 28.6 Å². The van der Waals surface area contributed by atoms with Crippen LogP contribution in [-0.4, -0.2) is 57.6 Å². The summed E-state index contributed by atoms with van der Waals surface area (Å²) in [6, 6.07) is 11.0. The van der Waals surface area contributed by atoms with Crippen LogP contribution in [0, 0.1) is 0 Å². The van der Waals surface area contributed by atoms with Gasteiger partial charge in [0.25, 0.3) is 11.8 Å². The van der Waals surface area contributed by atoms with E-state index in [-0.39, 0.29) is 17.2 Å². The number of nitrogens with zero attached hydrogens (tertiary/aromatic N) is 1. The third-order valence-electron chi connectivity index (χ3n) is 3.78. The normalized spacial score (nSPS) is 10.0. The number of carbonyl (C=O) groups excluding carboxylic acids is 3. The van der Waals surface area contributed by atoms with Crippen LogP contribution in [0.25, 0.3) is 0 Å². The monoisotopic (exact) mass is 386 g/mol. The Morgan fingerprint density at radius 3 is 2.21 bits per heavy atom. The van der Waals surface area contributed by atoms with Gasteiger partial charge in [0.1, 0.15) is 17.1 Å². The Kier molecular flexibility index (Phi) is 6.97. The standard InChI is InChI=1S/C20H22N2O6/c1-22(2)19(24)13-5-7-14(8-6-13)21-18(23)12-28-20(25)16-10-9-15(26-3)11-17(16)27-4/h5-11H,12H2,1-4H3,(H,21,23). The topological polar surface area (TPSA) is 94.2 Å². The first-order chi connectivity index (χ1) is 13.3. The maximum absolute atomic E-state index is 12.2. The summed E-state index contributed by atoms with van der Waals surface area (Å²) < 4.78 is 15.3. The Morgan fingerprint density at radius 2 is 1.64 bits per heavy atom. The van der Waals surface area contributed by atoms with E-state index in [4.69, 9.17) is 14.2 Å². The molecule has 2 rings (SSSR count). The summed E-state index contributed by atoms with van der Waals surface area (Å²) in [7, 11) is 6.23. The number of benzene rings is 2. The number of amides is 2. The highest BCUT2D eigenvalue weighted by atomic mass is 16.5. The van der Waals surface area contributed by atoms with Crippen molar-refractivity contribution in [2.45, 2.75) is 0 Å². The summed E-state index contributed by atoms with van der Waals surface area (Å²) in [5.74, 6) is -0.525. The molecule has 0 fully saturated rings. The van der Waals surface area contributed by atoms with Crippen LogP contribution in [0.3, 0.4) is 0 Å². The quantitative estimate of drug-likeness (QED) is 0.733. The Bertz CT molecular complexity index is 861. The van der Waals surface area contributed by atoms with Gasteiger partial charge >= 0.3 is 5.97 Å². The third-order valence-corrected chi connectivity index (χ3v) is 3.78. The minimum atomic E-state index is -0.693. The fraction of sp³-hybridized carbons (Fsp3) is 0.250. The first kappa shape index (κ1) is 20.8. The molecule has 0 unspecified atom stereocenters. The number of nitrogens with one attached hydrogen (secondary N) is 1. The van der Waals surface area contributed by atoms with Gasteiger partial charge in [-0.05, 0) is 36.4 Å². The molecule has 8 heteroatoms. The second-order valence-corrected chi connectivity index (χ2v) is 5.97. The molecule has 28 heavy (non-hydrogen) atoms. The summed E-state index contributed by atoms with van der Waals surface area (Å²) in [5.41, 5.74) is 1.17. The summed E-state index contributed by atoms with van der Waals surface area (Å²) in [6.07, 6.45) is 0. The molecule has 0 aliphatic carbocycles. The SMILES string of the molecule is COc1ccc(C(=O)OCC(=O)Nc2ccc(C(=O)N(C)C)cc2)c(OC)c1. The predicted molar refractivity (Wildman–Crippen MR) is 103 cm³/mol. The Labute approximate surface area is 163 Å². The van der Waals surface area contributed by atoms with Crippen molar-refractivity contribution in [2.24, 2.45) is 0 Å². The Hall–Kier alpha value is -3.55. The van der Waals surface area contributed by atoms with E-state index < -0.39 is 18.5 Å². The number of carbonyl (C=O) groups is 3. The minimum absolute atomic E-state index is 0.139. The van der Waals surface area contributed by atoms with Crippen LogP contribution >= 0.6 is 0 Å². The molecule has 0 aliphatic rings. The van der Waals surface area contributed by atoms with E-state index in [9.17, 15) is 14.4 Å². The minimum Gasteiger partial charge on any atom is -0.497 e. The van der Waals surface area contributed by atoms with Crippen molar-refractivity contribution in [3.8, 4) is 11.5 Å².